The number of carbonyl (C=O) groups is 2. The van der Waals surface area contributed by atoms with Gasteiger partial charge in [-0.15, -0.1) is 0 Å². The Balaban J connectivity index is 1.94. The molecule has 0 bridgehead atoms. The van der Waals surface area contributed by atoms with Gasteiger partial charge in [-0.05, 0) is 42.3 Å². The molecule has 0 saturated carbocycles. The first-order chi connectivity index (χ1) is 11.9. The fraction of sp³-hybridized carbons (Fsp3) is 0.263. The Morgan fingerprint density at radius 2 is 1.68 bits per heavy atom. The van der Waals surface area contributed by atoms with Crippen LogP contribution in [0.2, 0.25) is 10.0 Å². The molecular weight excluding hydrogens is 359 g/mol. The van der Waals surface area contributed by atoms with Crippen LogP contribution in [0.15, 0.2) is 42.5 Å². The van der Waals surface area contributed by atoms with Crippen LogP contribution >= 0.6 is 23.2 Å². The van der Waals surface area contributed by atoms with Gasteiger partial charge in [-0.2, -0.15) is 0 Å². The van der Waals surface area contributed by atoms with E-state index in [4.69, 9.17) is 23.2 Å². The van der Waals surface area contributed by atoms with Gasteiger partial charge in [0.1, 0.15) is 0 Å². The molecule has 0 aromatic heterocycles. The lowest BCUT2D eigenvalue weighted by atomic mass is 10.1. The van der Waals surface area contributed by atoms with Crippen molar-refractivity contribution in [2.75, 3.05) is 11.4 Å². The van der Waals surface area contributed by atoms with E-state index in [2.05, 4.69) is 5.32 Å². The molecule has 0 aliphatic heterocycles. The van der Waals surface area contributed by atoms with Crippen LogP contribution in [0.25, 0.3) is 0 Å². The smallest absolute Gasteiger partial charge is 0.223 e. The van der Waals surface area contributed by atoms with Crippen LogP contribution in [-0.2, 0) is 16.1 Å². The molecular formula is C19H20Cl2N2O2. The molecule has 1 N–H and O–H groups in total. The molecule has 2 amide bonds. The van der Waals surface area contributed by atoms with Crippen LogP contribution < -0.4 is 10.2 Å². The standard InChI is InChI=1S/C19H20Cl2N2O2/c1-13-3-6-17(21)11-18(13)23(14(2)24)10-9-19(25)22-12-15-4-7-16(20)8-5-15/h3-8,11H,9-10,12H2,1-2H3,(H,22,25). The summed E-state index contributed by atoms with van der Waals surface area (Å²) in [6.07, 6.45) is 0.207. The van der Waals surface area contributed by atoms with E-state index >= 15 is 0 Å². The number of benzene rings is 2. The van der Waals surface area contributed by atoms with Gasteiger partial charge in [-0.25, -0.2) is 0 Å². The summed E-state index contributed by atoms with van der Waals surface area (Å²) in [7, 11) is 0. The predicted molar refractivity (Wildman–Crippen MR) is 102 cm³/mol. The van der Waals surface area contributed by atoms with Crippen LogP contribution in [0.3, 0.4) is 0 Å². The maximum Gasteiger partial charge on any atom is 0.223 e. The quantitative estimate of drug-likeness (QED) is 0.811. The molecule has 0 spiro atoms. The molecule has 0 heterocycles. The predicted octanol–water partition coefficient (Wildman–Crippen LogP) is 4.36. The molecule has 0 fully saturated rings. The summed E-state index contributed by atoms with van der Waals surface area (Å²) in [5, 5.41) is 4.06. The second-order valence-corrected chi connectivity index (χ2v) is 6.63. The monoisotopic (exact) mass is 378 g/mol. The first-order valence-corrected chi connectivity index (χ1v) is 8.68. The van der Waals surface area contributed by atoms with Gasteiger partial charge in [0.2, 0.25) is 11.8 Å². The molecule has 0 radical (unpaired) electrons. The van der Waals surface area contributed by atoms with Crippen molar-refractivity contribution in [3.8, 4) is 0 Å². The molecule has 6 heteroatoms. The summed E-state index contributed by atoms with van der Waals surface area (Å²) in [4.78, 5) is 25.6. The number of nitrogens with one attached hydrogen (secondary N) is 1. The highest BCUT2D eigenvalue weighted by atomic mass is 35.5. The van der Waals surface area contributed by atoms with E-state index in [9.17, 15) is 9.59 Å². The van der Waals surface area contributed by atoms with Gasteiger partial charge in [-0.1, -0.05) is 41.4 Å². The topological polar surface area (TPSA) is 49.4 Å². The minimum Gasteiger partial charge on any atom is -0.352 e. The van der Waals surface area contributed by atoms with E-state index in [1.54, 1.807) is 29.2 Å². The Morgan fingerprint density at radius 1 is 1.04 bits per heavy atom. The average molecular weight is 379 g/mol. The Labute approximate surface area is 157 Å². The van der Waals surface area contributed by atoms with E-state index < -0.39 is 0 Å². The second-order valence-electron chi connectivity index (χ2n) is 5.75. The lowest BCUT2D eigenvalue weighted by Gasteiger charge is -2.23. The molecule has 25 heavy (non-hydrogen) atoms. The first-order valence-electron chi connectivity index (χ1n) is 7.92. The van der Waals surface area contributed by atoms with E-state index in [0.717, 1.165) is 16.8 Å². The molecule has 4 nitrogen and oxygen atoms in total. The van der Waals surface area contributed by atoms with Crippen molar-refractivity contribution in [1.29, 1.82) is 0 Å². The van der Waals surface area contributed by atoms with Gasteiger partial charge < -0.3 is 10.2 Å². The Bertz CT molecular complexity index is 761. The summed E-state index contributed by atoms with van der Waals surface area (Å²) in [5.74, 6) is -0.253. The van der Waals surface area contributed by atoms with E-state index in [1.807, 2.05) is 25.1 Å². The minimum atomic E-state index is -0.129. The normalized spacial score (nSPS) is 10.4. The Hall–Kier alpha value is -2.04. The minimum absolute atomic E-state index is 0.124. The number of carbonyl (C=O) groups excluding carboxylic acids is 2. The number of aryl methyl sites for hydroxylation is 1. The number of amides is 2. The molecule has 0 aliphatic rings. The third-order valence-corrected chi connectivity index (χ3v) is 4.29. The van der Waals surface area contributed by atoms with Crippen LogP contribution in [-0.4, -0.2) is 18.4 Å². The highest BCUT2D eigenvalue weighted by Gasteiger charge is 2.15. The van der Waals surface area contributed by atoms with Crippen LogP contribution in [0.5, 0.6) is 0 Å². The Morgan fingerprint density at radius 3 is 2.32 bits per heavy atom. The maximum absolute atomic E-state index is 12.1. The van der Waals surface area contributed by atoms with Crippen molar-refractivity contribution >= 4 is 40.7 Å². The summed E-state index contributed by atoms with van der Waals surface area (Å²) >= 11 is 11.9. The maximum atomic E-state index is 12.1. The lowest BCUT2D eigenvalue weighted by Crippen LogP contribution is -2.34. The fourth-order valence-electron chi connectivity index (χ4n) is 2.43. The van der Waals surface area contributed by atoms with Crippen molar-refractivity contribution < 1.29 is 9.59 Å². The molecule has 2 aromatic carbocycles. The number of hydrogen-bond acceptors (Lipinski definition) is 2. The van der Waals surface area contributed by atoms with E-state index in [-0.39, 0.29) is 18.2 Å². The molecule has 0 atom stereocenters. The largest absolute Gasteiger partial charge is 0.352 e. The molecule has 2 aromatic rings. The number of anilines is 1. The Kier molecular flexibility index (Phi) is 6.85. The summed E-state index contributed by atoms with van der Waals surface area (Å²) in [6.45, 7) is 4.10. The molecule has 2 rings (SSSR count). The van der Waals surface area contributed by atoms with Gasteiger partial charge in [0.15, 0.2) is 0 Å². The van der Waals surface area contributed by atoms with Crippen molar-refractivity contribution in [3.05, 3.63) is 63.6 Å². The number of rotatable bonds is 6. The van der Waals surface area contributed by atoms with Gasteiger partial charge in [-0.3, -0.25) is 9.59 Å². The average Bonchev–Trinajstić information content (AvgIpc) is 2.57. The van der Waals surface area contributed by atoms with Crippen molar-refractivity contribution in [3.63, 3.8) is 0 Å². The zero-order valence-corrected chi connectivity index (χ0v) is 15.7. The number of hydrogen-bond donors (Lipinski definition) is 1. The fourth-order valence-corrected chi connectivity index (χ4v) is 2.72. The number of nitrogens with zero attached hydrogens (tertiary/aromatic N) is 1. The van der Waals surface area contributed by atoms with Gasteiger partial charge in [0.25, 0.3) is 0 Å². The molecule has 0 saturated heterocycles. The van der Waals surface area contributed by atoms with Gasteiger partial charge >= 0.3 is 0 Å². The zero-order valence-electron chi connectivity index (χ0n) is 14.2. The van der Waals surface area contributed by atoms with Crippen molar-refractivity contribution in [2.24, 2.45) is 0 Å². The van der Waals surface area contributed by atoms with Crippen molar-refractivity contribution in [2.45, 2.75) is 26.8 Å². The molecule has 0 unspecified atom stereocenters. The van der Waals surface area contributed by atoms with Gasteiger partial charge in [0, 0.05) is 42.2 Å². The third kappa shape index (κ3) is 5.76. The van der Waals surface area contributed by atoms with E-state index in [0.29, 0.717) is 23.1 Å². The van der Waals surface area contributed by atoms with Crippen molar-refractivity contribution in [1.82, 2.24) is 5.32 Å². The zero-order chi connectivity index (χ0) is 18.4. The summed E-state index contributed by atoms with van der Waals surface area (Å²) < 4.78 is 0. The van der Waals surface area contributed by atoms with Crippen LogP contribution in [0.1, 0.15) is 24.5 Å². The number of halogens is 2. The van der Waals surface area contributed by atoms with E-state index in [1.165, 1.54) is 6.92 Å². The summed E-state index contributed by atoms with van der Waals surface area (Å²) in [5.41, 5.74) is 2.62. The van der Waals surface area contributed by atoms with Gasteiger partial charge in [0.05, 0.1) is 0 Å². The SMILES string of the molecule is CC(=O)N(CCC(=O)NCc1ccc(Cl)cc1)c1cc(Cl)ccc1C. The van der Waals surface area contributed by atoms with Crippen LogP contribution in [0.4, 0.5) is 5.69 Å². The third-order valence-electron chi connectivity index (χ3n) is 3.81. The summed E-state index contributed by atoms with van der Waals surface area (Å²) in [6, 6.07) is 12.7. The first kappa shape index (κ1) is 19.3. The molecule has 0 aliphatic carbocycles. The highest BCUT2D eigenvalue weighted by Crippen LogP contribution is 2.24. The second kappa shape index (κ2) is 8.88. The highest BCUT2D eigenvalue weighted by molar-refractivity contribution is 6.31. The lowest BCUT2D eigenvalue weighted by molar-refractivity contribution is -0.121. The van der Waals surface area contributed by atoms with Crippen LogP contribution in [0, 0.1) is 6.92 Å². The molecule has 132 valence electrons.